The Morgan fingerprint density at radius 1 is 1.16 bits per heavy atom. The van der Waals surface area contributed by atoms with Gasteiger partial charge in [0.2, 0.25) is 5.78 Å². The Hall–Kier alpha value is -2.94. The summed E-state index contributed by atoms with van der Waals surface area (Å²) >= 11 is 6.43. The lowest BCUT2D eigenvalue weighted by Gasteiger charge is -2.28. The van der Waals surface area contributed by atoms with E-state index >= 15 is 0 Å². The molecule has 8 nitrogen and oxygen atoms in total. The fraction of sp³-hybridized carbons (Fsp3) is 0.464. The van der Waals surface area contributed by atoms with Crippen LogP contribution in [0.2, 0.25) is 5.02 Å². The van der Waals surface area contributed by atoms with Gasteiger partial charge in [0, 0.05) is 23.5 Å². The van der Waals surface area contributed by atoms with Gasteiger partial charge < -0.3 is 20.1 Å². The predicted molar refractivity (Wildman–Crippen MR) is 142 cm³/mol. The van der Waals surface area contributed by atoms with Crippen molar-refractivity contribution in [3.63, 3.8) is 0 Å². The molecule has 2 atom stereocenters. The van der Waals surface area contributed by atoms with Gasteiger partial charge >= 0.3 is 0 Å². The van der Waals surface area contributed by atoms with E-state index in [-0.39, 0.29) is 17.7 Å². The molecule has 2 heterocycles. The van der Waals surface area contributed by atoms with Crippen LogP contribution in [-0.2, 0) is 4.79 Å². The lowest BCUT2D eigenvalue weighted by molar-refractivity contribution is -0.118. The molecule has 0 radical (unpaired) electrons. The molecule has 196 valence electrons. The van der Waals surface area contributed by atoms with Crippen LogP contribution in [-0.4, -0.2) is 63.3 Å². The van der Waals surface area contributed by atoms with Gasteiger partial charge in [-0.1, -0.05) is 29.8 Å². The minimum absolute atomic E-state index is 0.115. The van der Waals surface area contributed by atoms with Crippen molar-refractivity contribution >= 4 is 34.2 Å². The Labute approximate surface area is 221 Å². The van der Waals surface area contributed by atoms with Crippen LogP contribution in [0.15, 0.2) is 42.6 Å². The molecule has 1 aliphatic heterocycles. The minimum atomic E-state index is -1.05. The van der Waals surface area contributed by atoms with Crippen LogP contribution in [0, 0.1) is 0 Å². The average Bonchev–Trinajstić information content (AvgIpc) is 3.36. The van der Waals surface area contributed by atoms with Gasteiger partial charge in [-0.3, -0.25) is 14.3 Å². The van der Waals surface area contributed by atoms with E-state index in [4.69, 9.17) is 16.3 Å². The van der Waals surface area contributed by atoms with E-state index < -0.39 is 23.8 Å². The fourth-order valence-electron chi connectivity index (χ4n) is 4.82. The first-order valence-electron chi connectivity index (χ1n) is 13.0. The first-order chi connectivity index (χ1) is 17.8. The topological polar surface area (TPSA) is 96.7 Å². The van der Waals surface area contributed by atoms with E-state index in [1.807, 2.05) is 18.5 Å². The smallest absolute Gasteiger partial charge is 0.292 e. The molecule has 37 heavy (non-hydrogen) atoms. The molecule has 2 N–H and O–H groups in total. The number of aromatic nitrogens is 2. The second-order valence-electron chi connectivity index (χ2n) is 10.3. The summed E-state index contributed by atoms with van der Waals surface area (Å²) in [6.07, 6.45) is 5.08. The molecule has 2 fully saturated rings. The van der Waals surface area contributed by atoms with Crippen LogP contribution in [0.4, 0.5) is 0 Å². The number of benzene rings is 2. The van der Waals surface area contributed by atoms with E-state index in [9.17, 15) is 14.7 Å². The van der Waals surface area contributed by atoms with Crippen molar-refractivity contribution in [1.82, 2.24) is 20.0 Å². The van der Waals surface area contributed by atoms with Crippen molar-refractivity contribution < 1.29 is 19.4 Å². The third kappa shape index (κ3) is 5.81. The highest BCUT2D eigenvalue weighted by Crippen LogP contribution is 2.34. The standard InChI is InChI=1S/C28H33ClN4O4/c1-17(2)33-24-14-19(5-6-20(24)15-30-33)27(35)28(36)31-23(16-32-11-3-4-12-32)26(34)18-7-10-25(22(29)13-18)37-21-8-9-21/h5-7,10,13-15,17,21,23,26,34H,3-4,8-9,11-12,16H2,1-2H3,(H,31,36). The van der Waals surface area contributed by atoms with Gasteiger partial charge in [0.25, 0.3) is 5.91 Å². The van der Waals surface area contributed by atoms with Gasteiger partial charge in [-0.15, -0.1) is 0 Å². The molecule has 1 aromatic heterocycles. The summed E-state index contributed by atoms with van der Waals surface area (Å²) < 4.78 is 7.63. The molecule has 5 rings (SSSR count). The maximum Gasteiger partial charge on any atom is 0.292 e. The summed E-state index contributed by atoms with van der Waals surface area (Å²) in [5, 5.41) is 19.8. The van der Waals surface area contributed by atoms with Gasteiger partial charge in [-0.2, -0.15) is 5.10 Å². The summed E-state index contributed by atoms with van der Waals surface area (Å²) in [4.78, 5) is 28.5. The van der Waals surface area contributed by atoms with Gasteiger partial charge in [-0.25, -0.2) is 0 Å². The van der Waals surface area contributed by atoms with Crippen LogP contribution in [0.25, 0.3) is 10.9 Å². The normalized spacial score (nSPS) is 17.8. The van der Waals surface area contributed by atoms with Gasteiger partial charge in [0.1, 0.15) is 11.9 Å². The molecule has 9 heteroatoms. The number of fused-ring (bicyclic) bond motifs is 1. The highest BCUT2D eigenvalue weighted by atomic mass is 35.5. The number of likely N-dealkylation sites (tertiary alicyclic amines) is 1. The number of rotatable bonds is 10. The van der Waals surface area contributed by atoms with Crippen LogP contribution in [0.3, 0.4) is 0 Å². The zero-order valence-corrected chi connectivity index (χ0v) is 21.9. The highest BCUT2D eigenvalue weighted by molar-refractivity contribution is 6.43. The maximum atomic E-state index is 13.2. The number of ether oxygens (including phenoxy) is 1. The molecule has 2 aliphatic rings. The predicted octanol–water partition coefficient (Wildman–Crippen LogP) is 4.31. The third-order valence-electron chi connectivity index (χ3n) is 7.02. The van der Waals surface area contributed by atoms with Crippen LogP contribution in [0.5, 0.6) is 5.75 Å². The number of hydrogen-bond donors (Lipinski definition) is 2. The molecular formula is C28H33ClN4O4. The molecule has 0 bridgehead atoms. The molecular weight excluding hydrogens is 492 g/mol. The molecule has 3 aromatic rings. The minimum Gasteiger partial charge on any atom is -0.489 e. The van der Waals surface area contributed by atoms with Gasteiger partial charge in [-0.05, 0) is 76.4 Å². The molecule has 1 amide bonds. The average molecular weight is 525 g/mol. The molecule has 2 unspecified atom stereocenters. The number of aliphatic hydroxyl groups excluding tert-OH is 1. The number of halogens is 1. The van der Waals surface area contributed by atoms with Crippen molar-refractivity contribution in [1.29, 1.82) is 0 Å². The van der Waals surface area contributed by atoms with E-state index in [1.54, 1.807) is 42.6 Å². The lowest BCUT2D eigenvalue weighted by Crippen LogP contribution is -2.48. The van der Waals surface area contributed by atoms with Gasteiger partial charge in [0.05, 0.1) is 28.9 Å². The number of ketones is 1. The zero-order chi connectivity index (χ0) is 26.1. The molecule has 1 saturated heterocycles. The second kappa shape index (κ2) is 10.8. The number of amides is 1. The Bertz CT molecular complexity index is 1300. The quantitative estimate of drug-likeness (QED) is 0.303. The summed E-state index contributed by atoms with van der Waals surface area (Å²) in [6, 6.07) is 9.76. The number of aliphatic hydroxyl groups is 1. The van der Waals surface area contributed by atoms with Crippen molar-refractivity contribution in [2.24, 2.45) is 0 Å². The maximum absolute atomic E-state index is 13.2. The lowest BCUT2D eigenvalue weighted by atomic mass is 10.0. The molecule has 1 aliphatic carbocycles. The first kappa shape index (κ1) is 25.7. The Morgan fingerprint density at radius 3 is 2.59 bits per heavy atom. The van der Waals surface area contributed by atoms with Crippen molar-refractivity contribution in [3.8, 4) is 5.75 Å². The van der Waals surface area contributed by atoms with Gasteiger partial charge in [0.15, 0.2) is 0 Å². The Kier molecular flexibility index (Phi) is 7.51. The SMILES string of the molecule is CC(C)n1ncc2ccc(C(=O)C(=O)NC(CN3CCCC3)C(O)c3ccc(OC4CC4)c(Cl)c3)cc21. The van der Waals surface area contributed by atoms with Crippen molar-refractivity contribution in [2.45, 2.75) is 63.8 Å². The Morgan fingerprint density at radius 2 is 1.92 bits per heavy atom. The van der Waals surface area contributed by atoms with Crippen LogP contribution in [0.1, 0.15) is 67.6 Å². The monoisotopic (exact) mass is 524 g/mol. The summed E-state index contributed by atoms with van der Waals surface area (Å²) in [6.45, 7) is 6.22. The highest BCUT2D eigenvalue weighted by Gasteiger charge is 2.30. The fourth-order valence-corrected chi connectivity index (χ4v) is 5.05. The molecule has 1 saturated carbocycles. The number of carbonyl (C=O) groups excluding carboxylic acids is 2. The molecule has 0 spiro atoms. The summed E-state index contributed by atoms with van der Waals surface area (Å²) in [7, 11) is 0. The van der Waals surface area contributed by atoms with E-state index in [0.717, 1.165) is 49.7 Å². The van der Waals surface area contributed by atoms with E-state index in [1.165, 1.54) is 0 Å². The number of Topliss-reactive ketones (excluding diaryl/α,β-unsaturated/α-hetero) is 1. The largest absolute Gasteiger partial charge is 0.489 e. The van der Waals surface area contributed by atoms with Crippen LogP contribution < -0.4 is 10.1 Å². The third-order valence-corrected chi connectivity index (χ3v) is 7.32. The zero-order valence-electron chi connectivity index (χ0n) is 21.2. The first-order valence-corrected chi connectivity index (χ1v) is 13.4. The number of nitrogens with zero attached hydrogens (tertiary/aromatic N) is 3. The van der Waals surface area contributed by atoms with Crippen LogP contribution >= 0.6 is 11.6 Å². The number of nitrogens with one attached hydrogen (secondary N) is 1. The van der Waals surface area contributed by atoms with Crippen molar-refractivity contribution in [2.75, 3.05) is 19.6 Å². The number of hydrogen-bond acceptors (Lipinski definition) is 6. The van der Waals surface area contributed by atoms with E-state index in [2.05, 4.69) is 15.3 Å². The second-order valence-corrected chi connectivity index (χ2v) is 10.7. The number of carbonyl (C=O) groups is 2. The summed E-state index contributed by atoms with van der Waals surface area (Å²) in [5.74, 6) is -0.812. The summed E-state index contributed by atoms with van der Waals surface area (Å²) in [5.41, 5.74) is 1.64. The van der Waals surface area contributed by atoms with E-state index in [0.29, 0.717) is 22.9 Å². The van der Waals surface area contributed by atoms with Crippen molar-refractivity contribution in [3.05, 3.63) is 58.7 Å². The Balaban J connectivity index is 1.35. The molecule has 2 aromatic carbocycles.